The van der Waals surface area contributed by atoms with Gasteiger partial charge in [-0.15, -0.1) is 5.10 Å². The van der Waals surface area contributed by atoms with Crippen LogP contribution in [-0.2, 0) is 4.74 Å². The molecule has 7 nitrogen and oxygen atoms in total. The number of nitrogens with zero attached hydrogens (tertiary/aromatic N) is 3. The van der Waals surface area contributed by atoms with Crippen molar-refractivity contribution in [3.63, 3.8) is 0 Å². The molecule has 2 unspecified atom stereocenters. The van der Waals surface area contributed by atoms with E-state index in [0.717, 1.165) is 13.1 Å². The molecule has 0 spiro atoms. The maximum absolute atomic E-state index is 11.7. The SMILES string of the molecule is CCOC(=O)c1n[nH]c(C(C)NC(C)c2cccc(N3CCCC3)c2)n1. The number of H-pyrrole nitrogens is 1. The topological polar surface area (TPSA) is 83.1 Å². The molecule has 2 heterocycles. The van der Waals surface area contributed by atoms with Gasteiger partial charge in [-0.25, -0.2) is 9.78 Å². The van der Waals surface area contributed by atoms with Crippen molar-refractivity contribution in [1.82, 2.24) is 20.5 Å². The maximum Gasteiger partial charge on any atom is 0.378 e. The zero-order chi connectivity index (χ0) is 18.5. The van der Waals surface area contributed by atoms with Crippen LogP contribution in [0.4, 0.5) is 5.69 Å². The van der Waals surface area contributed by atoms with Crippen LogP contribution in [0.25, 0.3) is 0 Å². The molecule has 0 aliphatic carbocycles. The van der Waals surface area contributed by atoms with Gasteiger partial charge in [0.1, 0.15) is 5.82 Å². The molecule has 2 N–H and O–H groups in total. The van der Waals surface area contributed by atoms with Crippen LogP contribution in [0.2, 0.25) is 0 Å². The number of ether oxygens (including phenoxy) is 1. The van der Waals surface area contributed by atoms with Gasteiger partial charge in [-0.05, 0) is 51.3 Å². The average Bonchev–Trinajstić information content (AvgIpc) is 3.34. The van der Waals surface area contributed by atoms with Gasteiger partial charge in [0.05, 0.1) is 12.6 Å². The van der Waals surface area contributed by atoms with Crippen LogP contribution in [-0.4, -0.2) is 40.8 Å². The van der Waals surface area contributed by atoms with E-state index < -0.39 is 5.97 Å². The van der Waals surface area contributed by atoms with E-state index in [9.17, 15) is 4.79 Å². The summed E-state index contributed by atoms with van der Waals surface area (Å²) in [7, 11) is 0. The molecule has 0 bridgehead atoms. The molecular weight excluding hydrogens is 330 g/mol. The Morgan fingerprint density at radius 3 is 2.81 bits per heavy atom. The molecule has 0 radical (unpaired) electrons. The van der Waals surface area contributed by atoms with Crippen LogP contribution in [0, 0.1) is 0 Å². The number of hydrogen-bond donors (Lipinski definition) is 2. The zero-order valence-corrected chi connectivity index (χ0v) is 15.7. The van der Waals surface area contributed by atoms with E-state index in [2.05, 4.69) is 56.6 Å². The fourth-order valence-corrected chi connectivity index (χ4v) is 3.27. The molecule has 26 heavy (non-hydrogen) atoms. The summed E-state index contributed by atoms with van der Waals surface area (Å²) >= 11 is 0. The van der Waals surface area contributed by atoms with E-state index in [0.29, 0.717) is 12.4 Å². The number of carbonyl (C=O) groups excluding carboxylic acids is 1. The third-order valence-electron chi connectivity index (χ3n) is 4.71. The Bertz CT molecular complexity index is 739. The van der Waals surface area contributed by atoms with Gasteiger partial charge in [-0.2, -0.15) is 0 Å². The van der Waals surface area contributed by atoms with Gasteiger partial charge in [0, 0.05) is 24.8 Å². The summed E-state index contributed by atoms with van der Waals surface area (Å²) in [5.41, 5.74) is 2.51. The summed E-state index contributed by atoms with van der Waals surface area (Å²) in [4.78, 5) is 18.4. The molecule has 1 aliphatic heterocycles. The van der Waals surface area contributed by atoms with E-state index in [1.807, 2.05) is 6.92 Å². The minimum Gasteiger partial charge on any atom is -0.460 e. The highest BCUT2D eigenvalue weighted by Crippen LogP contribution is 2.25. The van der Waals surface area contributed by atoms with Crippen LogP contribution >= 0.6 is 0 Å². The summed E-state index contributed by atoms with van der Waals surface area (Å²) in [6.07, 6.45) is 2.53. The first kappa shape index (κ1) is 18.4. The Labute approximate surface area is 154 Å². The molecule has 140 valence electrons. The van der Waals surface area contributed by atoms with Crippen LogP contribution in [0.5, 0.6) is 0 Å². The first-order valence-corrected chi connectivity index (χ1v) is 9.29. The number of aromatic amines is 1. The van der Waals surface area contributed by atoms with Crippen molar-refractivity contribution in [1.29, 1.82) is 0 Å². The standard InChI is InChI=1S/C19H27N5O2/c1-4-26-19(25)18-21-17(22-23-18)14(3)20-13(2)15-8-7-9-16(12-15)24-10-5-6-11-24/h7-9,12-14,20H,4-6,10-11H2,1-3H3,(H,21,22,23). The number of benzene rings is 1. The Morgan fingerprint density at radius 2 is 2.08 bits per heavy atom. The first-order valence-electron chi connectivity index (χ1n) is 9.29. The molecule has 2 atom stereocenters. The van der Waals surface area contributed by atoms with E-state index in [-0.39, 0.29) is 17.9 Å². The average molecular weight is 357 g/mol. The minimum atomic E-state index is -0.506. The van der Waals surface area contributed by atoms with Gasteiger partial charge in [0.2, 0.25) is 0 Å². The fourth-order valence-electron chi connectivity index (χ4n) is 3.27. The highest BCUT2D eigenvalue weighted by Gasteiger charge is 2.19. The molecule has 0 saturated carbocycles. The number of rotatable bonds is 7. The highest BCUT2D eigenvalue weighted by atomic mass is 16.5. The molecule has 0 amide bonds. The van der Waals surface area contributed by atoms with Gasteiger partial charge < -0.3 is 15.0 Å². The van der Waals surface area contributed by atoms with Gasteiger partial charge in [-0.1, -0.05) is 12.1 Å². The third kappa shape index (κ3) is 4.22. The largest absolute Gasteiger partial charge is 0.460 e. The number of aromatic nitrogens is 3. The van der Waals surface area contributed by atoms with Crippen LogP contribution in [0.1, 0.15) is 67.7 Å². The third-order valence-corrected chi connectivity index (χ3v) is 4.71. The first-order chi connectivity index (χ1) is 12.6. The van der Waals surface area contributed by atoms with Crippen LogP contribution in [0.3, 0.4) is 0 Å². The van der Waals surface area contributed by atoms with E-state index in [1.54, 1.807) is 6.92 Å². The highest BCUT2D eigenvalue weighted by molar-refractivity contribution is 5.84. The van der Waals surface area contributed by atoms with Crippen molar-refractivity contribution < 1.29 is 9.53 Å². The summed E-state index contributed by atoms with van der Waals surface area (Å²) in [5, 5.41) is 10.3. The molecule has 1 saturated heterocycles. The van der Waals surface area contributed by atoms with Crippen molar-refractivity contribution >= 4 is 11.7 Å². The monoisotopic (exact) mass is 357 g/mol. The lowest BCUT2D eigenvalue weighted by atomic mass is 10.1. The van der Waals surface area contributed by atoms with Crippen molar-refractivity contribution in [3.8, 4) is 0 Å². The van der Waals surface area contributed by atoms with Gasteiger partial charge in [0.25, 0.3) is 5.82 Å². The predicted octanol–water partition coefficient (Wildman–Crippen LogP) is 2.99. The Kier molecular flexibility index (Phi) is 5.88. The normalized spacial score (nSPS) is 16.5. The second-order valence-corrected chi connectivity index (χ2v) is 6.66. The summed E-state index contributed by atoms with van der Waals surface area (Å²) in [6, 6.07) is 8.74. The molecule has 3 rings (SSSR count). The smallest absolute Gasteiger partial charge is 0.378 e. The van der Waals surface area contributed by atoms with E-state index >= 15 is 0 Å². The lowest BCUT2D eigenvalue weighted by molar-refractivity contribution is 0.0512. The van der Waals surface area contributed by atoms with Crippen molar-refractivity contribution in [3.05, 3.63) is 41.5 Å². The van der Waals surface area contributed by atoms with E-state index in [1.165, 1.54) is 24.1 Å². The number of carbonyl (C=O) groups is 1. The lowest BCUT2D eigenvalue weighted by Crippen LogP contribution is -2.24. The zero-order valence-electron chi connectivity index (χ0n) is 15.7. The van der Waals surface area contributed by atoms with Crippen LogP contribution < -0.4 is 10.2 Å². The van der Waals surface area contributed by atoms with Crippen molar-refractivity contribution in [2.24, 2.45) is 0 Å². The van der Waals surface area contributed by atoms with Gasteiger partial charge in [0.15, 0.2) is 0 Å². The second-order valence-electron chi connectivity index (χ2n) is 6.66. The molecule has 1 aromatic heterocycles. The molecular formula is C19H27N5O2. The van der Waals surface area contributed by atoms with Crippen molar-refractivity contribution in [2.75, 3.05) is 24.6 Å². The quantitative estimate of drug-likeness (QED) is 0.741. The summed E-state index contributed by atoms with van der Waals surface area (Å²) in [6.45, 7) is 8.46. The summed E-state index contributed by atoms with van der Waals surface area (Å²) in [5.74, 6) is 0.184. The molecule has 7 heteroatoms. The maximum atomic E-state index is 11.7. The number of nitrogens with one attached hydrogen (secondary N) is 2. The lowest BCUT2D eigenvalue weighted by Gasteiger charge is -2.22. The second kappa shape index (κ2) is 8.31. The number of esters is 1. The van der Waals surface area contributed by atoms with Crippen molar-refractivity contribution in [2.45, 2.75) is 45.7 Å². The molecule has 2 aromatic rings. The Morgan fingerprint density at radius 1 is 1.31 bits per heavy atom. The minimum absolute atomic E-state index is 0.0687. The molecule has 1 aliphatic rings. The molecule has 1 aromatic carbocycles. The fraction of sp³-hybridized carbons (Fsp3) is 0.526. The Balaban J connectivity index is 1.64. The predicted molar refractivity (Wildman–Crippen MR) is 100 cm³/mol. The van der Waals surface area contributed by atoms with Gasteiger partial charge in [-0.3, -0.25) is 5.10 Å². The summed E-state index contributed by atoms with van der Waals surface area (Å²) < 4.78 is 4.92. The Hall–Kier alpha value is -2.41. The van der Waals surface area contributed by atoms with Gasteiger partial charge >= 0.3 is 5.97 Å². The molecule has 1 fully saturated rings. The number of hydrogen-bond acceptors (Lipinski definition) is 6. The number of anilines is 1. The van der Waals surface area contributed by atoms with E-state index in [4.69, 9.17) is 4.74 Å². The van der Waals surface area contributed by atoms with Crippen LogP contribution in [0.15, 0.2) is 24.3 Å².